The second-order valence-electron chi connectivity index (χ2n) is 5.94. The van der Waals surface area contributed by atoms with Crippen LogP contribution in [0.15, 0.2) is 76.2 Å². The predicted octanol–water partition coefficient (Wildman–Crippen LogP) is 3.57. The normalized spacial score (nSPS) is 11.3. The molecule has 2 aromatic carbocycles. The quantitative estimate of drug-likeness (QED) is 0.652. The zero-order valence-electron chi connectivity index (χ0n) is 14.8. The molecular formula is C20H20N2O4S. The second kappa shape index (κ2) is 8.20. The van der Waals surface area contributed by atoms with Gasteiger partial charge in [0, 0.05) is 11.3 Å². The molecular weight excluding hydrogens is 364 g/mol. The van der Waals surface area contributed by atoms with E-state index >= 15 is 0 Å². The molecule has 0 saturated carbocycles. The minimum Gasteiger partial charge on any atom is -0.468 e. The average Bonchev–Trinajstić information content (AvgIpc) is 3.20. The summed E-state index contributed by atoms with van der Waals surface area (Å²) in [6.07, 6.45) is 2.36. The van der Waals surface area contributed by atoms with E-state index in [1.807, 2.05) is 31.2 Å². The molecule has 1 amide bonds. The van der Waals surface area contributed by atoms with Crippen LogP contribution < -0.4 is 10.0 Å². The van der Waals surface area contributed by atoms with Crippen LogP contribution in [-0.2, 0) is 23.0 Å². The Morgan fingerprint density at radius 3 is 2.48 bits per heavy atom. The Kier molecular flexibility index (Phi) is 5.73. The molecule has 0 aliphatic rings. The number of anilines is 1. The number of hydrogen-bond donors (Lipinski definition) is 2. The summed E-state index contributed by atoms with van der Waals surface area (Å²) < 4.78 is 32.2. The summed E-state index contributed by atoms with van der Waals surface area (Å²) in [6.45, 7) is 2.10. The van der Waals surface area contributed by atoms with Gasteiger partial charge >= 0.3 is 0 Å². The number of benzene rings is 2. The molecule has 3 rings (SSSR count). The third-order valence-corrected chi connectivity index (χ3v) is 5.45. The van der Waals surface area contributed by atoms with Gasteiger partial charge in [0.1, 0.15) is 5.76 Å². The molecule has 0 atom stereocenters. The van der Waals surface area contributed by atoms with Crippen LogP contribution in [0.25, 0.3) is 0 Å². The lowest BCUT2D eigenvalue weighted by molar-refractivity contribution is 0.102. The molecule has 0 radical (unpaired) electrons. The van der Waals surface area contributed by atoms with Crippen LogP contribution in [0, 0.1) is 0 Å². The number of carbonyl (C=O) groups is 1. The highest BCUT2D eigenvalue weighted by atomic mass is 32.2. The Morgan fingerprint density at radius 1 is 1.04 bits per heavy atom. The van der Waals surface area contributed by atoms with Crippen LogP contribution in [-0.4, -0.2) is 14.3 Å². The molecule has 0 aliphatic heterocycles. The zero-order valence-corrected chi connectivity index (χ0v) is 15.6. The van der Waals surface area contributed by atoms with Gasteiger partial charge in [0.25, 0.3) is 5.91 Å². The van der Waals surface area contributed by atoms with E-state index in [9.17, 15) is 13.2 Å². The van der Waals surface area contributed by atoms with Gasteiger partial charge in [-0.1, -0.05) is 19.1 Å². The molecule has 0 saturated heterocycles. The fourth-order valence-electron chi connectivity index (χ4n) is 2.52. The Hall–Kier alpha value is -2.90. The van der Waals surface area contributed by atoms with Crippen molar-refractivity contribution < 1.29 is 17.6 Å². The first-order valence-corrected chi connectivity index (χ1v) is 9.98. The highest BCUT2D eigenvalue weighted by Gasteiger charge is 2.15. The summed E-state index contributed by atoms with van der Waals surface area (Å²) in [6, 6.07) is 16.8. The molecule has 2 N–H and O–H groups in total. The number of nitrogens with one attached hydrogen (secondary N) is 2. The van der Waals surface area contributed by atoms with Gasteiger partial charge in [-0.05, 0) is 60.5 Å². The van der Waals surface area contributed by atoms with Crippen LogP contribution in [0.5, 0.6) is 0 Å². The molecule has 0 unspecified atom stereocenters. The van der Waals surface area contributed by atoms with E-state index in [0.29, 0.717) is 17.0 Å². The van der Waals surface area contributed by atoms with Gasteiger partial charge in [-0.3, -0.25) is 4.79 Å². The fraction of sp³-hybridized carbons (Fsp3) is 0.150. The van der Waals surface area contributed by atoms with Crippen molar-refractivity contribution in [2.45, 2.75) is 24.8 Å². The van der Waals surface area contributed by atoms with Gasteiger partial charge in [-0.15, -0.1) is 0 Å². The Morgan fingerprint density at radius 2 is 1.81 bits per heavy atom. The average molecular weight is 384 g/mol. The first-order valence-electron chi connectivity index (χ1n) is 8.50. The maximum atomic E-state index is 12.4. The minimum atomic E-state index is -3.69. The van der Waals surface area contributed by atoms with Crippen LogP contribution >= 0.6 is 0 Å². The van der Waals surface area contributed by atoms with E-state index in [-0.39, 0.29) is 17.3 Å². The van der Waals surface area contributed by atoms with Crippen molar-refractivity contribution in [3.63, 3.8) is 0 Å². The smallest absolute Gasteiger partial charge is 0.255 e. The van der Waals surface area contributed by atoms with E-state index in [2.05, 4.69) is 10.0 Å². The third kappa shape index (κ3) is 4.84. The maximum absolute atomic E-state index is 12.4. The van der Waals surface area contributed by atoms with Gasteiger partial charge in [0.2, 0.25) is 10.0 Å². The molecule has 1 aromatic heterocycles. The lowest BCUT2D eigenvalue weighted by Crippen LogP contribution is -2.23. The number of furan rings is 1. The summed E-state index contributed by atoms with van der Waals surface area (Å²) >= 11 is 0. The predicted molar refractivity (Wildman–Crippen MR) is 103 cm³/mol. The maximum Gasteiger partial charge on any atom is 0.255 e. The summed E-state index contributed by atoms with van der Waals surface area (Å²) in [7, 11) is -3.69. The molecule has 140 valence electrons. The van der Waals surface area contributed by atoms with Crippen molar-refractivity contribution in [1.82, 2.24) is 4.72 Å². The lowest BCUT2D eigenvalue weighted by atomic mass is 10.1. The van der Waals surface area contributed by atoms with Crippen LogP contribution in [0.2, 0.25) is 0 Å². The minimum absolute atomic E-state index is 0.0609. The highest BCUT2D eigenvalue weighted by Crippen LogP contribution is 2.15. The van der Waals surface area contributed by atoms with Gasteiger partial charge in [0.05, 0.1) is 17.7 Å². The lowest BCUT2D eigenvalue weighted by Gasteiger charge is -2.08. The molecule has 0 fully saturated rings. The molecule has 27 heavy (non-hydrogen) atoms. The van der Waals surface area contributed by atoms with Crippen molar-refractivity contribution >= 4 is 21.6 Å². The fourth-order valence-corrected chi connectivity index (χ4v) is 3.51. The Labute approximate surface area is 158 Å². The number of hydrogen-bond acceptors (Lipinski definition) is 4. The van der Waals surface area contributed by atoms with Gasteiger partial charge < -0.3 is 9.73 Å². The van der Waals surface area contributed by atoms with Crippen LogP contribution in [0.3, 0.4) is 0 Å². The summed E-state index contributed by atoms with van der Waals surface area (Å²) in [5.41, 5.74) is 2.20. The van der Waals surface area contributed by atoms with E-state index in [4.69, 9.17) is 4.42 Å². The largest absolute Gasteiger partial charge is 0.468 e. The van der Waals surface area contributed by atoms with Crippen molar-refractivity contribution in [2.75, 3.05) is 5.32 Å². The van der Waals surface area contributed by atoms with Gasteiger partial charge in [-0.2, -0.15) is 0 Å². The van der Waals surface area contributed by atoms with Crippen LogP contribution in [0.4, 0.5) is 5.69 Å². The summed E-state index contributed by atoms with van der Waals surface area (Å²) in [4.78, 5) is 12.4. The molecule has 0 spiro atoms. The molecule has 7 heteroatoms. The van der Waals surface area contributed by atoms with Crippen molar-refractivity contribution in [3.05, 3.63) is 83.8 Å². The number of sulfonamides is 1. The van der Waals surface area contributed by atoms with E-state index in [0.717, 1.165) is 12.0 Å². The number of rotatable bonds is 7. The Balaban J connectivity index is 1.67. The molecule has 1 heterocycles. The number of amides is 1. The molecule has 3 aromatic rings. The van der Waals surface area contributed by atoms with Crippen LogP contribution in [0.1, 0.15) is 28.6 Å². The first kappa shape index (κ1) is 18.9. The SMILES string of the molecule is CCc1cccc(NC(=O)c2ccc(S(=O)(=O)NCc3ccco3)cc2)c1. The zero-order chi connectivity index (χ0) is 19.3. The second-order valence-corrected chi connectivity index (χ2v) is 7.70. The highest BCUT2D eigenvalue weighted by molar-refractivity contribution is 7.89. The summed E-state index contributed by atoms with van der Waals surface area (Å²) in [5.74, 6) is 0.222. The first-order chi connectivity index (χ1) is 13.0. The number of carbonyl (C=O) groups excluding carboxylic acids is 1. The third-order valence-electron chi connectivity index (χ3n) is 4.04. The van der Waals surface area contributed by atoms with E-state index in [1.54, 1.807) is 12.1 Å². The number of aryl methyl sites for hydroxylation is 1. The monoisotopic (exact) mass is 384 g/mol. The van der Waals surface area contributed by atoms with E-state index in [1.165, 1.54) is 30.5 Å². The van der Waals surface area contributed by atoms with Gasteiger partial charge in [0.15, 0.2) is 0 Å². The molecule has 0 bridgehead atoms. The molecule has 0 aliphatic carbocycles. The Bertz CT molecular complexity index is 1010. The van der Waals surface area contributed by atoms with Crippen molar-refractivity contribution in [1.29, 1.82) is 0 Å². The van der Waals surface area contributed by atoms with E-state index < -0.39 is 10.0 Å². The van der Waals surface area contributed by atoms with Crippen molar-refractivity contribution in [2.24, 2.45) is 0 Å². The van der Waals surface area contributed by atoms with Crippen molar-refractivity contribution in [3.8, 4) is 0 Å². The van der Waals surface area contributed by atoms with Gasteiger partial charge in [-0.25, -0.2) is 13.1 Å². The molecule has 6 nitrogen and oxygen atoms in total. The standard InChI is InChI=1S/C20H20N2O4S/c1-2-15-5-3-6-17(13-15)22-20(23)16-8-10-19(11-9-16)27(24,25)21-14-18-7-4-12-26-18/h3-13,21H,2,14H2,1H3,(H,22,23). The summed E-state index contributed by atoms with van der Waals surface area (Å²) in [5, 5.41) is 2.82. The topological polar surface area (TPSA) is 88.4 Å².